The molecule has 9 heteroatoms. The van der Waals surface area contributed by atoms with Crippen molar-refractivity contribution in [2.75, 3.05) is 18.8 Å². The number of piperidine rings is 1. The predicted octanol–water partition coefficient (Wildman–Crippen LogP) is 2.31. The lowest BCUT2D eigenvalue weighted by atomic mass is 10.1. The molecule has 0 unspecified atom stereocenters. The highest BCUT2D eigenvalue weighted by Crippen LogP contribution is 2.26. The van der Waals surface area contributed by atoms with Crippen molar-refractivity contribution in [2.24, 2.45) is 0 Å². The zero-order chi connectivity index (χ0) is 20.4. The van der Waals surface area contributed by atoms with Crippen LogP contribution in [0.4, 0.5) is 0 Å². The molecule has 4 rings (SSSR count). The van der Waals surface area contributed by atoms with Gasteiger partial charge in [-0.2, -0.15) is 0 Å². The standard InChI is InChI=1S/C20H26N6O2S/c1-14(2)21-17(27)12-25-15-8-4-5-9-16(15)26-19(25)22-23-20(26)29-13-18(28)24-10-6-3-7-11-24/h4-5,8-9,14H,3,6-7,10-13H2,1-2H3,(H,21,27). The van der Waals surface area contributed by atoms with E-state index in [1.807, 2.05) is 52.0 Å². The molecule has 3 aromatic rings. The van der Waals surface area contributed by atoms with Crippen LogP contribution in [0, 0.1) is 0 Å². The van der Waals surface area contributed by atoms with E-state index in [0.29, 0.717) is 16.7 Å². The molecule has 1 fully saturated rings. The minimum Gasteiger partial charge on any atom is -0.352 e. The van der Waals surface area contributed by atoms with Gasteiger partial charge in [-0.05, 0) is 45.2 Å². The molecule has 1 aromatic carbocycles. The number of thioether (sulfide) groups is 1. The maximum atomic E-state index is 12.5. The summed E-state index contributed by atoms with van der Waals surface area (Å²) in [6, 6.07) is 7.93. The summed E-state index contributed by atoms with van der Waals surface area (Å²) >= 11 is 1.40. The number of fused-ring (bicyclic) bond motifs is 3. The normalized spacial score (nSPS) is 14.8. The fraction of sp³-hybridized carbons (Fsp3) is 0.500. The SMILES string of the molecule is CC(C)NC(=O)Cn1c2ccccc2n2c(SCC(=O)N3CCCCC3)nnc12. The Balaban J connectivity index is 1.60. The smallest absolute Gasteiger partial charge is 0.240 e. The quantitative estimate of drug-likeness (QED) is 0.626. The second kappa shape index (κ2) is 8.44. The van der Waals surface area contributed by atoms with Gasteiger partial charge in [0.15, 0.2) is 5.16 Å². The van der Waals surface area contributed by atoms with Gasteiger partial charge in [0, 0.05) is 19.1 Å². The highest BCUT2D eigenvalue weighted by molar-refractivity contribution is 7.99. The zero-order valence-electron chi connectivity index (χ0n) is 16.8. The third-order valence-electron chi connectivity index (χ3n) is 5.06. The van der Waals surface area contributed by atoms with Crippen molar-refractivity contribution in [1.82, 2.24) is 29.4 Å². The monoisotopic (exact) mass is 414 g/mol. The maximum absolute atomic E-state index is 12.5. The fourth-order valence-electron chi connectivity index (χ4n) is 3.76. The van der Waals surface area contributed by atoms with E-state index in [1.165, 1.54) is 18.2 Å². The Labute approximate surface area is 173 Å². The van der Waals surface area contributed by atoms with Crippen molar-refractivity contribution < 1.29 is 9.59 Å². The second-order valence-corrected chi connectivity index (χ2v) is 8.59. The highest BCUT2D eigenvalue weighted by Gasteiger charge is 2.21. The van der Waals surface area contributed by atoms with E-state index < -0.39 is 0 Å². The molecule has 1 aliphatic rings. The van der Waals surface area contributed by atoms with Crippen molar-refractivity contribution >= 4 is 40.4 Å². The zero-order valence-corrected chi connectivity index (χ0v) is 17.6. The number of amides is 2. The number of carbonyl (C=O) groups excluding carboxylic acids is 2. The van der Waals surface area contributed by atoms with E-state index in [0.717, 1.165) is 37.0 Å². The molecular weight excluding hydrogens is 388 g/mol. The van der Waals surface area contributed by atoms with Crippen LogP contribution in [-0.4, -0.2) is 60.8 Å². The van der Waals surface area contributed by atoms with Gasteiger partial charge in [0.2, 0.25) is 17.6 Å². The van der Waals surface area contributed by atoms with E-state index in [2.05, 4.69) is 15.5 Å². The summed E-state index contributed by atoms with van der Waals surface area (Å²) in [7, 11) is 0. The molecule has 154 valence electrons. The number of imidazole rings is 1. The molecule has 3 heterocycles. The van der Waals surface area contributed by atoms with Gasteiger partial charge in [0.05, 0.1) is 16.8 Å². The van der Waals surface area contributed by atoms with Gasteiger partial charge in [0.1, 0.15) is 6.54 Å². The predicted molar refractivity (Wildman–Crippen MR) is 113 cm³/mol. The maximum Gasteiger partial charge on any atom is 0.240 e. The van der Waals surface area contributed by atoms with Crippen LogP contribution in [0.3, 0.4) is 0 Å². The summed E-state index contributed by atoms with van der Waals surface area (Å²) in [5.74, 6) is 1.03. The molecule has 0 saturated carbocycles. The lowest BCUT2D eigenvalue weighted by Crippen LogP contribution is -2.36. The average molecular weight is 415 g/mol. The Bertz CT molecular complexity index is 1030. The van der Waals surface area contributed by atoms with Gasteiger partial charge in [-0.25, -0.2) is 0 Å². The minimum absolute atomic E-state index is 0.0688. The molecule has 0 radical (unpaired) electrons. The third-order valence-corrected chi connectivity index (χ3v) is 5.97. The molecule has 1 N–H and O–H groups in total. The number of nitrogens with zero attached hydrogens (tertiary/aromatic N) is 5. The Hall–Kier alpha value is -2.55. The number of para-hydroxylation sites is 2. The van der Waals surface area contributed by atoms with Gasteiger partial charge in [-0.15, -0.1) is 10.2 Å². The summed E-state index contributed by atoms with van der Waals surface area (Å²) in [5, 5.41) is 12.2. The fourth-order valence-corrected chi connectivity index (χ4v) is 4.60. The van der Waals surface area contributed by atoms with Crippen molar-refractivity contribution in [3.63, 3.8) is 0 Å². The number of nitrogens with one attached hydrogen (secondary N) is 1. The molecule has 0 spiro atoms. The number of hydrogen-bond donors (Lipinski definition) is 1. The Morgan fingerprint density at radius 3 is 2.55 bits per heavy atom. The van der Waals surface area contributed by atoms with Crippen LogP contribution >= 0.6 is 11.8 Å². The van der Waals surface area contributed by atoms with Gasteiger partial charge in [-0.3, -0.25) is 18.6 Å². The first-order valence-electron chi connectivity index (χ1n) is 10.1. The van der Waals surface area contributed by atoms with E-state index in [-0.39, 0.29) is 24.4 Å². The molecule has 1 saturated heterocycles. The number of hydrogen-bond acceptors (Lipinski definition) is 5. The lowest BCUT2D eigenvalue weighted by molar-refractivity contribution is -0.129. The van der Waals surface area contributed by atoms with Gasteiger partial charge in [0.25, 0.3) is 0 Å². The van der Waals surface area contributed by atoms with E-state index in [4.69, 9.17) is 0 Å². The summed E-state index contributed by atoms with van der Waals surface area (Å²) in [4.78, 5) is 26.8. The van der Waals surface area contributed by atoms with Crippen molar-refractivity contribution in [3.8, 4) is 0 Å². The number of rotatable bonds is 6. The van der Waals surface area contributed by atoms with E-state index in [1.54, 1.807) is 0 Å². The van der Waals surface area contributed by atoms with Crippen molar-refractivity contribution in [1.29, 1.82) is 0 Å². The lowest BCUT2D eigenvalue weighted by Gasteiger charge is -2.26. The van der Waals surface area contributed by atoms with Crippen LogP contribution in [0.25, 0.3) is 16.8 Å². The largest absolute Gasteiger partial charge is 0.352 e. The second-order valence-electron chi connectivity index (χ2n) is 7.65. The molecule has 0 bridgehead atoms. The van der Waals surface area contributed by atoms with Gasteiger partial charge < -0.3 is 10.2 Å². The third kappa shape index (κ3) is 4.10. The number of carbonyl (C=O) groups is 2. The molecule has 1 aliphatic heterocycles. The molecule has 0 atom stereocenters. The number of aromatic nitrogens is 4. The first kappa shape index (κ1) is 19.8. The molecular formula is C20H26N6O2S. The number of benzene rings is 1. The molecule has 29 heavy (non-hydrogen) atoms. The molecule has 2 aromatic heterocycles. The summed E-state index contributed by atoms with van der Waals surface area (Å²) < 4.78 is 3.81. The number of likely N-dealkylation sites (tertiary alicyclic amines) is 1. The summed E-state index contributed by atoms with van der Waals surface area (Å²) in [5.41, 5.74) is 1.85. The Morgan fingerprint density at radius 1 is 1.10 bits per heavy atom. The summed E-state index contributed by atoms with van der Waals surface area (Å²) in [6.45, 7) is 5.74. The molecule has 0 aliphatic carbocycles. The van der Waals surface area contributed by atoms with Crippen molar-refractivity contribution in [3.05, 3.63) is 24.3 Å². The topological polar surface area (TPSA) is 84.5 Å². The first-order chi connectivity index (χ1) is 14.0. The minimum atomic E-state index is -0.0688. The van der Waals surface area contributed by atoms with E-state index >= 15 is 0 Å². The molecule has 2 amide bonds. The van der Waals surface area contributed by atoms with Crippen LogP contribution in [0.5, 0.6) is 0 Å². The van der Waals surface area contributed by atoms with Crippen molar-refractivity contribution in [2.45, 2.75) is 50.9 Å². The average Bonchev–Trinajstić information content (AvgIpc) is 3.26. The van der Waals surface area contributed by atoms with Crippen LogP contribution < -0.4 is 5.32 Å². The van der Waals surface area contributed by atoms with Crippen LogP contribution in [0.1, 0.15) is 33.1 Å². The first-order valence-corrected chi connectivity index (χ1v) is 11.1. The van der Waals surface area contributed by atoms with Crippen LogP contribution in [-0.2, 0) is 16.1 Å². The van der Waals surface area contributed by atoms with E-state index in [9.17, 15) is 9.59 Å². The van der Waals surface area contributed by atoms with Gasteiger partial charge in [-0.1, -0.05) is 23.9 Å². The highest BCUT2D eigenvalue weighted by atomic mass is 32.2. The van der Waals surface area contributed by atoms with Gasteiger partial charge >= 0.3 is 0 Å². The van der Waals surface area contributed by atoms with Crippen LogP contribution in [0.15, 0.2) is 29.4 Å². The summed E-state index contributed by atoms with van der Waals surface area (Å²) in [6.07, 6.45) is 3.36. The molecule has 8 nitrogen and oxygen atoms in total. The Morgan fingerprint density at radius 2 is 1.83 bits per heavy atom. The Kier molecular flexibility index (Phi) is 5.75. The van der Waals surface area contributed by atoms with Crippen LogP contribution in [0.2, 0.25) is 0 Å².